The summed E-state index contributed by atoms with van der Waals surface area (Å²) in [6.07, 6.45) is -1.24. The Kier molecular flexibility index (Phi) is 9.71. The van der Waals surface area contributed by atoms with Crippen LogP contribution >= 0.6 is 11.6 Å². The maximum absolute atomic E-state index is 12.2. The fourth-order valence-corrected chi connectivity index (χ4v) is 3.46. The number of phenolic OH excluding ortho intramolecular Hbond substituents is 1. The number of carboxylic acid groups (broad SMARTS) is 1. The summed E-state index contributed by atoms with van der Waals surface area (Å²) in [5.41, 5.74) is 0.899. The number of phenols is 1. The molecule has 1 amide bonds. The molecule has 174 valence electrons. The Morgan fingerprint density at radius 2 is 1.91 bits per heavy atom. The molecular formula is C23H27ClF2N2O4. The molecular weight excluding hydrogens is 442 g/mol. The van der Waals surface area contributed by atoms with Crippen LogP contribution in [0.1, 0.15) is 43.0 Å². The molecule has 6 nitrogen and oxygen atoms in total. The van der Waals surface area contributed by atoms with E-state index in [1.165, 1.54) is 12.1 Å². The highest BCUT2D eigenvalue weighted by molar-refractivity contribution is 6.30. The van der Waals surface area contributed by atoms with Gasteiger partial charge in [0, 0.05) is 36.6 Å². The van der Waals surface area contributed by atoms with Crippen LogP contribution in [0.15, 0.2) is 42.5 Å². The van der Waals surface area contributed by atoms with Crippen molar-refractivity contribution < 1.29 is 28.6 Å². The van der Waals surface area contributed by atoms with Gasteiger partial charge in [-0.05, 0) is 61.2 Å². The second kappa shape index (κ2) is 12.2. The van der Waals surface area contributed by atoms with E-state index >= 15 is 0 Å². The number of amides is 1. The molecule has 3 N–H and O–H groups in total. The third kappa shape index (κ3) is 8.34. The third-order valence-corrected chi connectivity index (χ3v) is 5.20. The minimum Gasteiger partial charge on any atom is -0.508 e. The highest BCUT2D eigenvalue weighted by Gasteiger charge is 2.20. The van der Waals surface area contributed by atoms with Crippen LogP contribution in [-0.2, 0) is 4.79 Å². The fourth-order valence-electron chi connectivity index (χ4n) is 3.33. The van der Waals surface area contributed by atoms with Crippen LogP contribution in [-0.4, -0.2) is 41.6 Å². The molecule has 0 aromatic heterocycles. The molecule has 0 radical (unpaired) electrons. The standard InChI is InChI=1S/C17H22F2N2O3.C6H5ClO/c1-11-3-2-8-21(10-11)12-4-5-14(13(9-12)17(23)24)20-16(22)7-6-15(18)19;7-5-1-3-6(8)4-2-5/h4-5,9,11,15H,2-3,6-8,10H2,1H3,(H,20,22)(H,23,24);1-4,8H/t11-;/m1./s1. The molecule has 0 spiro atoms. The van der Waals surface area contributed by atoms with Crippen LogP contribution < -0.4 is 10.2 Å². The number of alkyl halides is 2. The number of rotatable bonds is 6. The first kappa shape index (κ1) is 25.4. The Hall–Kier alpha value is -2.87. The van der Waals surface area contributed by atoms with Gasteiger partial charge >= 0.3 is 5.97 Å². The predicted octanol–water partition coefficient (Wildman–Crippen LogP) is 5.65. The molecule has 9 heteroatoms. The molecule has 0 saturated carbocycles. The van der Waals surface area contributed by atoms with Crippen molar-refractivity contribution in [1.82, 2.24) is 0 Å². The molecule has 3 rings (SSSR count). The minimum absolute atomic E-state index is 0.0314. The van der Waals surface area contributed by atoms with Crippen LogP contribution in [0.3, 0.4) is 0 Å². The van der Waals surface area contributed by atoms with Crippen molar-refractivity contribution in [2.75, 3.05) is 23.3 Å². The number of carbonyl (C=O) groups excluding carboxylic acids is 1. The SMILES string of the molecule is C[C@@H]1CCCN(c2ccc(NC(=O)CCC(F)F)c(C(=O)O)c2)C1.Oc1ccc(Cl)cc1. The monoisotopic (exact) mass is 468 g/mol. The Bertz CT molecular complexity index is 888. The maximum atomic E-state index is 12.2. The molecule has 0 bridgehead atoms. The number of hydrogen-bond donors (Lipinski definition) is 3. The highest BCUT2D eigenvalue weighted by atomic mass is 35.5. The number of anilines is 2. The van der Waals surface area contributed by atoms with Gasteiger partial charge in [-0.25, -0.2) is 13.6 Å². The lowest BCUT2D eigenvalue weighted by Crippen LogP contribution is -2.34. The number of aromatic carboxylic acids is 1. The average molecular weight is 469 g/mol. The number of piperidine rings is 1. The van der Waals surface area contributed by atoms with Gasteiger partial charge in [0.2, 0.25) is 12.3 Å². The van der Waals surface area contributed by atoms with E-state index in [-0.39, 0.29) is 23.4 Å². The summed E-state index contributed by atoms with van der Waals surface area (Å²) in [5.74, 6) is -0.988. The van der Waals surface area contributed by atoms with Gasteiger partial charge in [-0.3, -0.25) is 4.79 Å². The quantitative estimate of drug-likeness (QED) is 0.509. The van der Waals surface area contributed by atoms with E-state index in [0.717, 1.165) is 31.6 Å². The van der Waals surface area contributed by atoms with E-state index in [0.29, 0.717) is 10.9 Å². The normalized spacial score (nSPS) is 15.7. The minimum atomic E-state index is -2.56. The second-order valence-electron chi connectivity index (χ2n) is 7.68. The van der Waals surface area contributed by atoms with Crippen molar-refractivity contribution in [3.63, 3.8) is 0 Å². The number of hydrogen-bond acceptors (Lipinski definition) is 4. The van der Waals surface area contributed by atoms with Crippen molar-refractivity contribution in [2.24, 2.45) is 5.92 Å². The molecule has 1 aliphatic rings. The lowest BCUT2D eigenvalue weighted by atomic mass is 9.99. The fraction of sp³-hybridized carbons (Fsp3) is 0.391. The summed E-state index contributed by atoms with van der Waals surface area (Å²) in [4.78, 5) is 25.3. The Balaban J connectivity index is 0.000000380. The van der Waals surface area contributed by atoms with Crippen LogP contribution in [0.4, 0.5) is 20.2 Å². The summed E-state index contributed by atoms with van der Waals surface area (Å²) in [5, 5.41) is 21.1. The molecule has 2 aromatic carbocycles. The van der Waals surface area contributed by atoms with Gasteiger partial charge in [0.1, 0.15) is 5.75 Å². The molecule has 0 unspecified atom stereocenters. The number of nitrogens with one attached hydrogen (secondary N) is 1. The van der Waals surface area contributed by atoms with Crippen molar-refractivity contribution in [3.8, 4) is 5.75 Å². The maximum Gasteiger partial charge on any atom is 0.337 e. The average Bonchev–Trinajstić information content (AvgIpc) is 2.75. The summed E-state index contributed by atoms with van der Waals surface area (Å²) < 4.78 is 24.3. The molecule has 2 aromatic rings. The summed E-state index contributed by atoms with van der Waals surface area (Å²) >= 11 is 5.50. The van der Waals surface area contributed by atoms with Crippen molar-refractivity contribution in [3.05, 3.63) is 53.1 Å². The zero-order chi connectivity index (χ0) is 23.7. The van der Waals surface area contributed by atoms with Gasteiger partial charge in [-0.1, -0.05) is 18.5 Å². The van der Waals surface area contributed by atoms with Crippen molar-refractivity contribution >= 4 is 34.9 Å². The van der Waals surface area contributed by atoms with Gasteiger partial charge in [-0.2, -0.15) is 0 Å². The zero-order valence-corrected chi connectivity index (χ0v) is 18.5. The first-order chi connectivity index (χ1) is 15.2. The van der Waals surface area contributed by atoms with E-state index in [9.17, 15) is 23.5 Å². The number of halogens is 3. The molecule has 1 atom stereocenters. The van der Waals surface area contributed by atoms with Crippen LogP contribution in [0.25, 0.3) is 0 Å². The molecule has 32 heavy (non-hydrogen) atoms. The van der Waals surface area contributed by atoms with E-state index in [1.54, 1.807) is 30.3 Å². The van der Waals surface area contributed by atoms with E-state index in [2.05, 4.69) is 17.1 Å². The smallest absolute Gasteiger partial charge is 0.337 e. The van der Waals surface area contributed by atoms with Crippen molar-refractivity contribution in [1.29, 1.82) is 0 Å². The van der Waals surface area contributed by atoms with Gasteiger partial charge in [0.05, 0.1) is 11.3 Å². The molecule has 1 aliphatic heterocycles. The largest absolute Gasteiger partial charge is 0.508 e. The zero-order valence-electron chi connectivity index (χ0n) is 17.7. The molecule has 1 fully saturated rings. The van der Waals surface area contributed by atoms with E-state index < -0.39 is 24.7 Å². The van der Waals surface area contributed by atoms with Gasteiger partial charge in [0.15, 0.2) is 0 Å². The number of carboxylic acids is 1. The van der Waals surface area contributed by atoms with Crippen LogP contribution in [0.2, 0.25) is 5.02 Å². The lowest BCUT2D eigenvalue weighted by molar-refractivity contribution is -0.116. The first-order valence-electron chi connectivity index (χ1n) is 10.3. The third-order valence-electron chi connectivity index (χ3n) is 4.95. The lowest BCUT2D eigenvalue weighted by Gasteiger charge is -2.33. The van der Waals surface area contributed by atoms with Crippen molar-refractivity contribution in [2.45, 2.75) is 39.0 Å². The number of benzene rings is 2. The van der Waals surface area contributed by atoms with Gasteiger partial charge in [0.25, 0.3) is 0 Å². The predicted molar refractivity (Wildman–Crippen MR) is 121 cm³/mol. The number of nitrogens with zero attached hydrogens (tertiary/aromatic N) is 1. The van der Waals surface area contributed by atoms with Gasteiger partial charge < -0.3 is 20.4 Å². The Morgan fingerprint density at radius 3 is 2.47 bits per heavy atom. The molecule has 1 saturated heterocycles. The summed E-state index contributed by atoms with van der Waals surface area (Å²) in [6, 6.07) is 11.2. The topological polar surface area (TPSA) is 89.9 Å². The first-order valence-corrected chi connectivity index (χ1v) is 10.7. The Morgan fingerprint density at radius 1 is 1.22 bits per heavy atom. The highest BCUT2D eigenvalue weighted by Crippen LogP contribution is 2.27. The van der Waals surface area contributed by atoms with E-state index in [1.807, 2.05) is 0 Å². The Labute approximate surface area is 190 Å². The number of aromatic hydroxyl groups is 1. The van der Waals surface area contributed by atoms with Crippen LogP contribution in [0, 0.1) is 5.92 Å². The summed E-state index contributed by atoms with van der Waals surface area (Å²) in [6.45, 7) is 3.88. The second-order valence-corrected chi connectivity index (χ2v) is 8.12. The number of carbonyl (C=O) groups is 2. The van der Waals surface area contributed by atoms with E-state index in [4.69, 9.17) is 16.7 Å². The van der Waals surface area contributed by atoms with Crippen LogP contribution in [0.5, 0.6) is 5.75 Å². The summed E-state index contributed by atoms with van der Waals surface area (Å²) in [7, 11) is 0. The molecule has 1 heterocycles. The van der Waals surface area contributed by atoms with Gasteiger partial charge in [-0.15, -0.1) is 0 Å². The molecule has 0 aliphatic carbocycles.